The SMILES string of the molecule is CCOC(=O)c1c(NC(=O)NCCN2CCN(c3ccccc3OC)CC2)sc(C)c1C. The van der Waals surface area contributed by atoms with Crippen LogP contribution in [0.3, 0.4) is 0 Å². The summed E-state index contributed by atoms with van der Waals surface area (Å²) in [6.45, 7) is 10.8. The highest BCUT2D eigenvalue weighted by molar-refractivity contribution is 7.16. The van der Waals surface area contributed by atoms with E-state index in [1.54, 1.807) is 14.0 Å². The normalized spacial score (nSPS) is 14.2. The quantitative estimate of drug-likeness (QED) is 0.587. The van der Waals surface area contributed by atoms with Gasteiger partial charge in [0.1, 0.15) is 10.8 Å². The van der Waals surface area contributed by atoms with Gasteiger partial charge in [-0.1, -0.05) is 12.1 Å². The first-order chi connectivity index (χ1) is 15.4. The Labute approximate surface area is 193 Å². The first-order valence-electron chi connectivity index (χ1n) is 10.9. The highest BCUT2D eigenvalue weighted by Gasteiger charge is 2.22. The van der Waals surface area contributed by atoms with E-state index in [1.165, 1.54) is 11.3 Å². The number of carbonyl (C=O) groups excluding carboxylic acids is 2. The van der Waals surface area contributed by atoms with Crippen molar-refractivity contribution in [1.82, 2.24) is 10.2 Å². The topological polar surface area (TPSA) is 83.1 Å². The van der Waals surface area contributed by atoms with Crippen molar-refractivity contribution >= 4 is 34.0 Å². The standard InChI is InChI=1S/C23H32N4O4S/c1-5-31-22(28)20-16(2)17(3)32-21(20)25-23(29)24-10-11-26-12-14-27(15-13-26)18-8-6-7-9-19(18)30-4/h6-9H,5,10-15H2,1-4H3,(H2,24,25,29). The number of hydrogen-bond donors (Lipinski definition) is 2. The van der Waals surface area contributed by atoms with Crippen LogP contribution in [-0.2, 0) is 4.74 Å². The first-order valence-corrected chi connectivity index (χ1v) is 11.7. The van der Waals surface area contributed by atoms with E-state index in [2.05, 4.69) is 26.5 Å². The lowest BCUT2D eigenvalue weighted by atomic mass is 10.1. The Morgan fingerprint density at radius 1 is 1.12 bits per heavy atom. The summed E-state index contributed by atoms with van der Waals surface area (Å²) in [5.74, 6) is 0.484. The van der Waals surface area contributed by atoms with Gasteiger partial charge in [0.2, 0.25) is 0 Å². The predicted molar refractivity (Wildman–Crippen MR) is 128 cm³/mol. The molecule has 2 amide bonds. The van der Waals surface area contributed by atoms with Crippen molar-refractivity contribution in [2.75, 3.05) is 63.2 Å². The number of benzene rings is 1. The molecule has 1 aliphatic rings. The van der Waals surface area contributed by atoms with Crippen LogP contribution in [-0.4, -0.2) is 69.9 Å². The number of nitrogens with one attached hydrogen (secondary N) is 2. The molecule has 0 bridgehead atoms. The number of methoxy groups -OCH3 is 1. The van der Waals surface area contributed by atoms with Gasteiger partial charge in [-0.2, -0.15) is 0 Å². The average Bonchev–Trinajstić information content (AvgIpc) is 3.07. The van der Waals surface area contributed by atoms with Crippen molar-refractivity contribution in [3.05, 3.63) is 40.3 Å². The van der Waals surface area contributed by atoms with E-state index in [1.807, 2.05) is 32.0 Å². The van der Waals surface area contributed by atoms with Gasteiger partial charge in [0.15, 0.2) is 0 Å². The Hall–Kier alpha value is -2.78. The van der Waals surface area contributed by atoms with E-state index in [4.69, 9.17) is 9.47 Å². The van der Waals surface area contributed by atoms with Gasteiger partial charge >= 0.3 is 12.0 Å². The van der Waals surface area contributed by atoms with Crippen molar-refractivity contribution in [2.45, 2.75) is 20.8 Å². The number of urea groups is 1. The number of piperazine rings is 1. The fraction of sp³-hybridized carbons (Fsp3) is 0.478. The molecule has 0 radical (unpaired) electrons. The van der Waals surface area contributed by atoms with Crippen molar-refractivity contribution in [3.8, 4) is 5.75 Å². The minimum atomic E-state index is -0.405. The largest absolute Gasteiger partial charge is 0.495 e. The number of thiophene rings is 1. The third-order valence-corrected chi connectivity index (χ3v) is 6.73. The van der Waals surface area contributed by atoms with Crippen LogP contribution in [0.4, 0.5) is 15.5 Å². The predicted octanol–water partition coefficient (Wildman–Crippen LogP) is 3.49. The molecule has 1 aromatic carbocycles. The molecule has 1 aliphatic heterocycles. The molecule has 32 heavy (non-hydrogen) atoms. The highest BCUT2D eigenvalue weighted by atomic mass is 32.1. The van der Waals surface area contributed by atoms with Gasteiger partial charge in [0.25, 0.3) is 0 Å². The zero-order valence-corrected chi connectivity index (χ0v) is 20.0. The number of amides is 2. The molecule has 0 atom stereocenters. The maximum Gasteiger partial charge on any atom is 0.341 e. The summed E-state index contributed by atoms with van der Waals surface area (Å²) in [6.07, 6.45) is 0. The molecule has 0 unspecified atom stereocenters. The van der Waals surface area contributed by atoms with Crippen molar-refractivity contribution in [1.29, 1.82) is 0 Å². The molecule has 0 saturated carbocycles. The Bertz CT molecular complexity index is 938. The van der Waals surface area contributed by atoms with Crippen molar-refractivity contribution in [2.24, 2.45) is 0 Å². The number of para-hydroxylation sites is 2. The molecule has 0 aliphatic carbocycles. The van der Waals surface area contributed by atoms with Gasteiger partial charge < -0.3 is 19.7 Å². The van der Waals surface area contributed by atoms with Gasteiger partial charge in [0.05, 0.1) is 25.0 Å². The molecule has 8 nitrogen and oxygen atoms in total. The van der Waals surface area contributed by atoms with Crippen molar-refractivity contribution in [3.63, 3.8) is 0 Å². The van der Waals surface area contributed by atoms with E-state index < -0.39 is 5.97 Å². The number of aryl methyl sites for hydroxylation is 1. The summed E-state index contributed by atoms with van der Waals surface area (Å²) in [4.78, 5) is 30.3. The fourth-order valence-corrected chi connectivity index (χ4v) is 4.79. The summed E-state index contributed by atoms with van der Waals surface area (Å²) in [5.41, 5.74) is 2.40. The first kappa shape index (κ1) is 23.9. The highest BCUT2D eigenvalue weighted by Crippen LogP contribution is 2.33. The maximum atomic E-state index is 12.4. The minimum Gasteiger partial charge on any atom is -0.495 e. The van der Waals surface area contributed by atoms with Crippen LogP contribution in [0, 0.1) is 13.8 Å². The van der Waals surface area contributed by atoms with Crippen LogP contribution < -0.4 is 20.3 Å². The Morgan fingerprint density at radius 3 is 2.53 bits per heavy atom. The second kappa shape index (κ2) is 11.2. The smallest absolute Gasteiger partial charge is 0.341 e. The number of hydrogen-bond acceptors (Lipinski definition) is 7. The number of anilines is 2. The molecule has 1 aromatic heterocycles. The lowest BCUT2D eigenvalue weighted by molar-refractivity contribution is 0.0527. The summed E-state index contributed by atoms with van der Waals surface area (Å²) in [7, 11) is 1.69. The monoisotopic (exact) mass is 460 g/mol. The molecule has 3 rings (SSSR count). The molecular weight excluding hydrogens is 428 g/mol. The number of nitrogens with zero attached hydrogens (tertiary/aromatic N) is 2. The number of rotatable bonds is 8. The zero-order valence-electron chi connectivity index (χ0n) is 19.2. The summed E-state index contributed by atoms with van der Waals surface area (Å²) in [5, 5.41) is 6.24. The van der Waals surface area contributed by atoms with Gasteiger partial charge in [-0.3, -0.25) is 10.2 Å². The molecule has 2 N–H and O–H groups in total. The average molecular weight is 461 g/mol. The lowest BCUT2D eigenvalue weighted by Crippen LogP contribution is -2.48. The van der Waals surface area contributed by atoms with E-state index in [0.717, 1.165) is 54.6 Å². The number of ether oxygens (including phenoxy) is 2. The van der Waals surface area contributed by atoms with Crippen LogP contribution >= 0.6 is 11.3 Å². The maximum absolute atomic E-state index is 12.4. The zero-order chi connectivity index (χ0) is 23.1. The van der Waals surface area contributed by atoms with Crippen LogP contribution in [0.5, 0.6) is 5.75 Å². The molecule has 9 heteroatoms. The van der Waals surface area contributed by atoms with Gasteiger partial charge in [-0.15, -0.1) is 11.3 Å². The van der Waals surface area contributed by atoms with E-state index in [0.29, 0.717) is 23.7 Å². The van der Waals surface area contributed by atoms with E-state index in [9.17, 15) is 9.59 Å². The summed E-state index contributed by atoms with van der Waals surface area (Å²) >= 11 is 1.39. The van der Waals surface area contributed by atoms with Gasteiger partial charge in [-0.05, 0) is 38.5 Å². The Morgan fingerprint density at radius 2 is 1.84 bits per heavy atom. The molecule has 1 fully saturated rings. The molecule has 2 heterocycles. The third-order valence-electron chi connectivity index (χ3n) is 5.60. The van der Waals surface area contributed by atoms with Crippen molar-refractivity contribution < 1.29 is 19.1 Å². The Balaban J connectivity index is 1.45. The number of carbonyl (C=O) groups is 2. The number of esters is 1. The second-order valence-electron chi connectivity index (χ2n) is 7.59. The molecule has 0 spiro atoms. The molecule has 174 valence electrons. The molecule has 2 aromatic rings. The molecule has 1 saturated heterocycles. The third kappa shape index (κ3) is 5.72. The van der Waals surface area contributed by atoms with Crippen LogP contribution in [0.1, 0.15) is 27.7 Å². The summed E-state index contributed by atoms with van der Waals surface area (Å²) in [6, 6.07) is 7.75. The second-order valence-corrected chi connectivity index (χ2v) is 8.81. The Kier molecular flexibility index (Phi) is 8.35. The van der Waals surface area contributed by atoms with Gasteiger partial charge in [-0.25, -0.2) is 9.59 Å². The van der Waals surface area contributed by atoms with E-state index >= 15 is 0 Å². The summed E-state index contributed by atoms with van der Waals surface area (Å²) < 4.78 is 10.6. The lowest BCUT2D eigenvalue weighted by Gasteiger charge is -2.36. The van der Waals surface area contributed by atoms with Gasteiger partial charge in [0, 0.05) is 44.1 Å². The van der Waals surface area contributed by atoms with Crippen LogP contribution in [0.2, 0.25) is 0 Å². The van der Waals surface area contributed by atoms with Crippen LogP contribution in [0.15, 0.2) is 24.3 Å². The fourth-order valence-electron chi connectivity index (χ4n) is 3.74. The molecular formula is C23H32N4O4S. The van der Waals surface area contributed by atoms with Crippen LogP contribution in [0.25, 0.3) is 0 Å². The minimum absolute atomic E-state index is 0.295. The van der Waals surface area contributed by atoms with E-state index in [-0.39, 0.29) is 6.03 Å².